The van der Waals surface area contributed by atoms with Gasteiger partial charge in [0.15, 0.2) is 0 Å². The molecule has 0 aliphatic heterocycles. The molecule has 2 fully saturated rings. The van der Waals surface area contributed by atoms with E-state index in [1.165, 1.54) is 32.2 Å². The Kier molecular flexibility index (Phi) is 2.88. The van der Waals surface area contributed by atoms with Crippen LogP contribution in [0.25, 0.3) is 0 Å². The zero-order valence-electron chi connectivity index (χ0n) is 9.97. The van der Waals surface area contributed by atoms with E-state index in [2.05, 4.69) is 26.1 Å². The van der Waals surface area contributed by atoms with Crippen molar-refractivity contribution >= 4 is 0 Å². The van der Waals surface area contributed by atoms with Crippen molar-refractivity contribution < 1.29 is 0 Å². The fraction of sp³-hybridized carbons (Fsp3) is 1.00. The maximum Gasteiger partial charge on any atom is 0.00129 e. The summed E-state index contributed by atoms with van der Waals surface area (Å²) in [6, 6.07) is 0. The van der Waals surface area contributed by atoms with E-state index in [4.69, 9.17) is 0 Å². The lowest BCUT2D eigenvalue weighted by Gasteiger charge is -2.42. The molecule has 2 rings (SSSR count). The molecule has 0 heterocycles. The Morgan fingerprint density at radius 2 is 2.14 bits per heavy atom. The van der Waals surface area contributed by atoms with Crippen molar-refractivity contribution in [1.29, 1.82) is 0 Å². The third kappa shape index (κ3) is 1.50. The summed E-state index contributed by atoms with van der Waals surface area (Å²) in [6.45, 7) is 9.48. The van der Waals surface area contributed by atoms with Gasteiger partial charge in [-0.1, -0.05) is 27.2 Å². The molecule has 1 nitrogen and oxygen atoms in total. The zero-order valence-corrected chi connectivity index (χ0v) is 9.97. The van der Waals surface area contributed by atoms with Crippen molar-refractivity contribution in [3.8, 4) is 0 Å². The summed E-state index contributed by atoms with van der Waals surface area (Å²) in [6.07, 6.45) is 6.06. The second kappa shape index (κ2) is 3.84. The first-order valence-corrected chi connectivity index (χ1v) is 6.39. The molecule has 82 valence electrons. The molecular weight excluding hydrogens is 170 g/mol. The summed E-state index contributed by atoms with van der Waals surface area (Å²) in [4.78, 5) is 0. The van der Waals surface area contributed by atoms with Gasteiger partial charge in [-0.2, -0.15) is 0 Å². The van der Waals surface area contributed by atoms with Crippen LogP contribution < -0.4 is 5.32 Å². The van der Waals surface area contributed by atoms with Crippen LogP contribution in [0.2, 0.25) is 0 Å². The van der Waals surface area contributed by atoms with Crippen LogP contribution in [0.3, 0.4) is 0 Å². The molecule has 14 heavy (non-hydrogen) atoms. The van der Waals surface area contributed by atoms with Gasteiger partial charge in [-0.25, -0.2) is 0 Å². The van der Waals surface area contributed by atoms with E-state index in [0.29, 0.717) is 5.41 Å². The highest BCUT2D eigenvalue weighted by Gasteiger charge is 2.51. The molecule has 0 aromatic rings. The van der Waals surface area contributed by atoms with Crippen molar-refractivity contribution in [2.45, 2.75) is 46.5 Å². The smallest absolute Gasteiger partial charge is 0.00129 e. The Hall–Kier alpha value is -0.0400. The molecule has 2 aliphatic rings. The number of nitrogens with one attached hydrogen (secondary N) is 1. The quantitative estimate of drug-likeness (QED) is 0.727. The predicted octanol–water partition coefficient (Wildman–Crippen LogP) is 3.06. The van der Waals surface area contributed by atoms with E-state index >= 15 is 0 Å². The molecule has 2 bridgehead atoms. The van der Waals surface area contributed by atoms with Crippen molar-refractivity contribution in [3.05, 3.63) is 0 Å². The summed E-state index contributed by atoms with van der Waals surface area (Å²) >= 11 is 0. The Morgan fingerprint density at radius 1 is 1.36 bits per heavy atom. The predicted molar refractivity (Wildman–Crippen MR) is 61.3 cm³/mol. The largest absolute Gasteiger partial charge is 0.316 e. The highest BCUT2D eigenvalue weighted by atomic mass is 14.9. The van der Waals surface area contributed by atoms with Crippen LogP contribution in [-0.2, 0) is 0 Å². The third-order valence-corrected chi connectivity index (χ3v) is 4.88. The van der Waals surface area contributed by atoms with Gasteiger partial charge in [0, 0.05) is 6.54 Å². The summed E-state index contributed by atoms with van der Waals surface area (Å²) in [5, 5.41) is 3.60. The first kappa shape index (κ1) is 10.5. The monoisotopic (exact) mass is 195 g/mol. The summed E-state index contributed by atoms with van der Waals surface area (Å²) in [7, 11) is 0. The van der Waals surface area contributed by atoms with E-state index < -0.39 is 0 Å². The van der Waals surface area contributed by atoms with E-state index in [1.807, 2.05) is 0 Å². The Morgan fingerprint density at radius 3 is 2.57 bits per heavy atom. The van der Waals surface area contributed by atoms with Crippen molar-refractivity contribution in [1.82, 2.24) is 5.32 Å². The minimum absolute atomic E-state index is 0.652. The summed E-state index contributed by atoms with van der Waals surface area (Å²) < 4.78 is 0. The van der Waals surface area contributed by atoms with Gasteiger partial charge in [0.2, 0.25) is 0 Å². The van der Waals surface area contributed by atoms with Gasteiger partial charge in [-0.15, -0.1) is 0 Å². The highest BCUT2D eigenvalue weighted by molar-refractivity contribution is 5.02. The molecular formula is C13H25N. The molecule has 1 N–H and O–H groups in total. The van der Waals surface area contributed by atoms with Crippen LogP contribution >= 0.6 is 0 Å². The SMILES string of the molecule is CCNCC1(C(C)C)CC2CCC1C2. The van der Waals surface area contributed by atoms with Crippen LogP contribution in [0.1, 0.15) is 46.5 Å². The molecule has 0 radical (unpaired) electrons. The lowest BCUT2D eigenvalue weighted by Crippen LogP contribution is -2.42. The van der Waals surface area contributed by atoms with Gasteiger partial charge in [-0.05, 0) is 49.0 Å². The Labute approximate surface area is 88.7 Å². The Bertz CT molecular complexity index is 199. The standard InChI is InChI=1S/C13H25N/c1-4-14-9-13(10(2)3)8-11-5-6-12(13)7-11/h10-12,14H,4-9H2,1-3H3. The van der Waals surface area contributed by atoms with Crippen LogP contribution in [0.5, 0.6) is 0 Å². The number of hydrogen-bond acceptors (Lipinski definition) is 1. The van der Waals surface area contributed by atoms with Gasteiger partial charge in [0.25, 0.3) is 0 Å². The molecule has 3 atom stereocenters. The Balaban J connectivity index is 2.07. The molecule has 0 saturated heterocycles. The van der Waals surface area contributed by atoms with Crippen LogP contribution in [0.4, 0.5) is 0 Å². The fourth-order valence-corrected chi connectivity index (χ4v) is 3.97. The minimum atomic E-state index is 0.652. The number of hydrogen-bond donors (Lipinski definition) is 1. The van der Waals surface area contributed by atoms with Gasteiger partial charge in [0.1, 0.15) is 0 Å². The van der Waals surface area contributed by atoms with Crippen LogP contribution in [-0.4, -0.2) is 13.1 Å². The first-order valence-electron chi connectivity index (χ1n) is 6.39. The van der Waals surface area contributed by atoms with Gasteiger partial charge >= 0.3 is 0 Å². The normalized spacial score (nSPS) is 41.1. The second-order valence-corrected chi connectivity index (χ2v) is 5.75. The molecule has 0 amide bonds. The summed E-state index contributed by atoms with van der Waals surface area (Å²) in [5.41, 5.74) is 0.652. The third-order valence-electron chi connectivity index (χ3n) is 4.88. The molecule has 1 heteroatoms. The van der Waals surface area contributed by atoms with E-state index in [0.717, 1.165) is 24.3 Å². The minimum Gasteiger partial charge on any atom is -0.316 e. The van der Waals surface area contributed by atoms with Crippen molar-refractivity contribution in [2.24, 2.45) is 23.2 Å². The summed E-state index contributed by atoms with van der Waals surface area (Å²) in [5.74, 6) is 2.96. The average Bonchev–Trinajstić information content (AvgIpc) is 2.74. The van der Waals surface area contributed by atoms with Gasteiger partial charge < -0.3 is 5.32 Å². The second-order valence-electron chi connectivity index (χ2n) is 5.75. The molecule has 3 unspecified atom stereocenters. The molecule has 0 aromatic carbocycles. The topological polar surface area (TPSA) is 12.0 Å². The van der Waals surface area contributed by atoms with E-state index in [1.54, 1.807) is 0 Å². The maximum absolute atomic E-state index is 3.60. The number of fused-ring (bicyclic) bond motifs is 2. The maximum atomic E-state index is 3.60. The highest BCUT2D eigenvalue weighted by Crippen LogP contribution is 2.58. The van der Waals surface area contributed by atoms with E-state index in [9.17, 15) is 0 Å². The number of rotatable bonds is 4. The first-order chi connectivity index (χ1) is 6.69. The van der Waals surface area contributed by atoms with Gasteiger partial charge in [-0.3, -0.25) is 0 Å². The molecule has 0 aromatic heterocycles. The molecule has 2 aliphatic carbocycles. The average molecular weight is 195 g/mol. The fourth-order valence-electron chi connectivity index (χ4n) is 3.97. The molecule has 0 spiro atoms. The van der Waals surface area contributed by atoms with Crippen LogP contribution in [0, 0.1) is 23.2 Å². The van der Waals surface area contributed by atoms with Crippen LogP contribution in [0.15, 0.2) is 0 Å². The van der Waals surface area contributed by atoms with E-state index in [-0.39, 0.29) is 0 Å². The molecule has 2 saturated carbocycles. The lowest BCUT2D eigenvalue weighted by atomic mass is 9.66. The lowest BCUT2D eigenvalue weighted by molar-refractivity contribution is 0.0937. The van der Waals surface area contributed by atoms with Gasteiger partial charge in [0.05, 0.1) is 0 Å². The van der Waals surface area contributed by atoms with Crippen molar-refractivity contribution in [3.63, 3.8) is 0 Å². The zero-order chi connectivity index (χ0) is 10.2. The van der Waals surface area contributed by atoms with Crippen molar-refractivity contribution in [2.75, 3.05) is 13.1 Å².